The van der Waals surface area contributed by atoms with Crippen LogP contribution in [0.3, 0.4) is 0 Å². The standard InChI is InChI=1S/C13H11Cl2N/c14-12-7-3-6-11(13(12)15)10-5-2-1-4-9(10)8-16/h1-7H,8,16H2. The van der Waals surface area contributed by atoms with E-state index in [-0.39, 0.29) is 0 Å². The van der Waals surface area contributed by atoms with E-state index in [2.05, 4.69) is 0 Å². The van der Waals surface area contributed by atoms with Gasteiger partial charge in [0.1, 0.15) is 0 Å². The Balaban J connectivity index is 2.63. The maximum absolute atomic E-state index is 6.18. The predicted octanol–water partition coefficient (Wildman–Crippen LogP) is 4.12. The Morgan fingerprint density at radius 2 is 1.56 bits per heavy atom. The van der Waals surface area contributed by atoms with Crippen molar-refractivity contribution in [2.45, 2.75) is 6.54 Å². The SMILES string of the molecule is NCc1ccccc1-c1cccc(Cl)c1Cl. The summed E-state index contributed by atoms with van der Waals surface area (Å²) in [5.74, 6) is 0. The van der Waals surface area contributed by atoms with Gasteiger partial charge in [0.05, 0.1) is 10.0 Å². The molecule has 0 radical (unpaired) electrons. The zero-order chi connectivity index (χ0) is 11.5. The van der Waals surface area contributed by atoms with E-state index in [1.54, 1.807) is 6.07 Å². The van der Waals surface area contributed by atoms with Gasteiger partial charge in [0.25, 0.3) is 0 Å². The molecular formula is C13H11Cl2N. The zero-order valence-corrected chi connectivity index (χ0v) is 10.1. The lowest BCUT2D eigenvalue weighted by Gasteiger charge is -2.10. The minimum absolute atomic E-state index is 0.485. The Hall–Kier alpha value is -1.02. The van der Waals surface area contributed by atoms with Crippen LogP contribution in [0.1, 0.15) is 5.56 Å². The maximum atomic E-state index is 6.18. The highest BCUT2D eigenvalue weighted by molar-refractivity contribution is 6.43. The quantitative estimate of drug-likeness (QED) is 0.854. The fraction of sp³-hybridized carbons (Fsp3) is 0.0769. The molecule has 0 saturated heterocycles. The van der Waals surface area contributed by atoms with Crippen LogP contribution in [0, 0.1) is 0 Å². The van der Waals surface area contributed by atoms with Gasteiger partial charge in [-0.2, -0.15) is 0 Å². The second kappa shape index (κ2) is 4.88. The lowest BCUT2D eigenvalue weighted by Crippen LogP contribution is -1.98. The van der Waals surface area contributed by atoms with E-state index in [9.17, 15) is 0 Å². The second-order valence-electron chi connectivity index (χ2n) is 3.46. The Labute approximate surface area is 105 Å². The minimum Gasteiger partial charge on any atom is -0.326 e. The molecule has 2 rings (SSSR count). The molecule has 2 aromatic rings. The number of hydrogen-bond donors (Lipinski definition) is 1. The molecule has 0 aliphatic heterocycles. The van der Waals surface area contributed by atoms with Gasteiger partial charge >= 0.3 is 0 Å². The normalized spacial score (nSPS) is 10.4. The van der Waals surface area contributed by atoms with Crippen molar-refractivity contribution >= 4 is 23.2 Å². The summed E-state index contributed by atoms with van der Waals surface area (Å²) in [6.07, 6.45) is 0. The zero-order valence-electron chi connectivity index (χ0n) is 8.58. The molecule has 0 aliphatic carbocycles. The molecule has 0 aliphatic rings. The topological polar surface area (TPSA) is 26.0 Å². The number of nitrogens with two attached hydrogens (primary N) is 1. The molecule has 2 N–H and O–H groups in total. The van der Waals surface area contributed by atoms with Crippen molar-refractivity contribution in [3.63, 3.8) is 0 Å². The molecule has 2 aromatic carbocycles. The molecule has 3 heteroatoms. The summed E-state index contributed by atoms with van der Waals surface area (Å²) >= 11 is 12.2. The Kier molecular flexibility index (Phi) is 3.49. The van der Waals surface area contributed by atoms with Crippen molar-refractivity contribution in [2.24, 2.45) is 5.73 Å². The van der Waals surface area contributed by atoms with Crippen LogP contribution in [0.15, 0.2) is 42.5 Å². The Morgan fingerprint density at radius 1 is 0.875 bits per heavy atom. The molecular weight excluding hydrogens is 241 g/mol. The van der Waals surface area contributed by atoms with Crippen LogP contribution in [0.5, 0.6) is 0 Å². The van der Waals surface area contributed by atoms with Crippen molar-refractivity contribution < 1.29 is 0 Å². The van der Waals surface area contributed by atoms with E-state index < -0.39 is 0 Å². The molecule has 0 unspecified atom stereocenters. The summed E-state index contributed by atoms with van der Waals surface area (Å²) in [7, 11) is 0. The molecule has 1 nitrogen and oxygen atoms in total. The molecule has 16 heavy (non-hydrogen) atoms. The predicted molar refractivity (Wildman–Crippen MR) is 69.8 cm³/mol. The van der Waals surface area contributed by atoms with Gasteiger partial charge in [0.15, 0.2) is 0 Å². The molecule has 0 heterocycles. The molecule has 0 aromatic heterocycles. The summed E-state index contributed by atoms with van der Waals surface area (Å²) in [6, 6.07) is 13.5. The molecule has 0 spiro atoms. The van der Waals surface area contributed by atoms with E-state index in [1.807, 2.05) is 36.4 Å². The first kappa shape index (κ1) is 11.5. The largest absolute Gasteiger partial charge is 0.326 e. The summed E-state index contributed by atoms with van der Waals surface area (Å²) in [4.78, 5) is 0. The van der Waals surface area contributed by atoms with Crippen molar-refractivity contribution in [1.29, 1.82) is 0 Å². The molecule has 0 amide bonds. The highest BCUT2D eigenvalue weighted by atomic mass is 35.5. The molecule has 0 bridgehead atoms. The average Bonchev–Trinajstić information content (AvgIpc) is 2.33. The highest BCUT2D eigenvalue weighted by Gasteiger charge is 2.09. The molecule has 0 atom stereocenters. The summed E-state index contributed by atoms with van der Waals surface area (Å²) in [5.41, 5.74) is 8.73. The number of rotatable bonds is 2. The Morgan fingerprint density at radius 3 is 2.31 bits per heavy atom. The van der Waals surface area contributed by atoms with Gasteiger partial charge in [0, 0.05) is 12.1 Å². The smallest absolute Gasteiger partial charge is 0.0670 e. The second-order valence-corrected chi connectivity index (χ2v) is 4.25. The highest BCUT2D eigenvalue weighted by Crippen LogP contribution is 2.34. The number of benzene rings is 2. The van der Waals surface area contributed by atoms with Gasteiger partial charge in [0.2, 0.25) is 0 Å². The van der Waals surface area contributed by atoms with E-state index in [0.29, 0.717) is 16.6 Å². The molecule has 0 saturated carbocycles. The third-order valence-corrected chi connectivity index (χ3v) is 3.30. The van der Waals surface area contributed by atoms with E-state index >= 15 is 0 Å². The van der Waals surface area contributed by atoms with Crippen LogP contribution in [-0.2, 0) is 6.54 Å². The fourth-order valence-electron chi connectivity index (χ4n) is 1.67. The van der Waals surface area contributed by atoms with Gasteiger partial charge in [-0.3, -0.25) is 0 Å². The maximum Gasteiger partial charge on any atom is 0.0670 e. The van der Waals surface area contributed by atoms with Crippen LogP contribution in [0.2, 0.25) is 10.0 Å². The first-order valence-corrected chi connectivity index (χ1v) is 5.72. The lowest BCUT2D eigenvalue weighted by atomic mass is 10.00. The molecule has 82 valence electrons. The summed E-state index contributed by atoms with van der Waals surface area (Å²) < 4.78 is 0. The van der Waals surface area contributed by atoms with E-state index in [4.69, 9.17) is 28.9 Å². The van der Waals surface area contributed by atoms with Crippen LogP contribution in [0.4, 0.5) is 0 Å². The summed E-state index contributed by atoms with van der Waals surface area (Å²) in [6.45, 7) is 0.485. The van der Waals surface area contributed by atoms with Crippen molar-refractivity contribution in [1.82, 2.24) is 0 Å². The van der Waals surface area contributed by atoms with Crippen molar-refractivity contribution in [2.75, 3.05) is 0 Å². The minimum atomic E-state index is 0.485. The number of hydrogen-bond acceptors (Lipinski definition) is 1. The van der Waals surface area contributed by atoms with Gasteiger partial charge < -0.3 is 5.73 Å². The van der Waals surface area contributed by atoms with E-state index in [0.717, 1.165) is 16.7 Å². The van der Waals surface area contributed by atoms with Gasteiger partial charge in [-0.05, 0) is 17.2 Å². The molecule has 0 fully saturated rings. The van der Waals surface area contributed by atoms with Gasteiger partial charge in [-0.25, -0.2) is 0 Å². The third-order valence-electron chi connectivity index (χ3n) is 2.48. The van der Waals surface area contributed by atoms with Crippen LogP contribution in [-0.4, -0.2) is 0 Å². The van der Waals surface area contributed by atoms with Crippen LogP contribution in [0.25, 0.3) is 11.1 Å². The van der Waals surface area contributed by atoms with Crippen LogP contribution < -0.4 is 5.73 Å². The number of halogens is 2. The van der Waals surface area contributed by atoms with Gasteiger partial charge in [-0.1, -0.05) is 59.6 Å². The van der Waals surface area contributed by atoms with Crippen molar-refractivity contribution in [3.05, 3.63) is 58.1 Å². The van der Waals surface area contributed by atoms with Crippen molar-refractivity contribution in [3.8, 4) is 11.1 Å². The van der Waals surface area contributed by atoms with E-state index in [1.165, 1.54) is 0 Å². The fourth-order valence-corrected chi connectivity index (χ4v) is 2.08. The van der Waals surface area contributed by atoms with Crippen LogP contribution >= 0.6 is 23.2 Å². The third kappa shape index (κ3) is 2.07. The first-order chi connectivity index (χ1) is 7.74. The first-order valence-electron chi connectivity index (χ1n) is 4.96. The summed E-state index contributed by atoms with van der Waals surface area (Å²) in [5, 5.41) is 1.14. The monoisotopic (exact) mass is 251 g/mol. The lowest BCUT2D eigenvalue weighted by molar-refractivity contribution is 1.07. The Bertz CT molecular complexity index is 509. The average molecular weight is 252 g/mol. The van der Waals surface area contributed by atoms with Gasteiger partial charge in [-0.15, -0.1) is 0 Å².